The quantitative estimate of drug-likeness (QED) is 0.831. The number of halogens is 2. The molecule has 16 heavy (non-hydrogen) atoms. The van der Waals surface area contributed by atoms with Crippen molar-refractivity contribution in [3.63, 3.8) is 0 Å². The van der Waals surface area contributed by atoms with Crippen molar-refractivity contribution in [2.45, 2.75) is 13.0 Å². The minimum absolute atomic E-state index is 0.00325. The summed E-state index contributed by atoms with van der Waals surface area (Å²) in [6.07, 6.45) is -1.72. The van der Waals surface area contributed by atoms with Crippen LogP contribution in [-0.2, 0) is 9.53 Å². The molecular formula is C10H10F2O4. The Morgan fingerprint density at radius 2 is 1.94 bits per heavy atom. The largest absolute Gasteiger partial charge is 0.508 e. The van der Waals surface area contributed by atoms with Gasteiger partial charge in [-0.25, -0.2) is 13.6 Å². The highest BCUT2D eigenvalue weighted by atomic mass is 19.1. The van der Waals surface area contributed by atoms with Crippen molar-refractivity contribution in [2.75, 3.05) is 6.61 Å². The van der Waals surface area contributed by atoms with E-state index in [1.165, 1.54) is 6.92 Å². The third kappa shape index (κ3) is 2.46. The maximum atomic E-state index is 13.3. The average Bonchev–Trinajstić information content (AvgIpc) is 2.14. The maximum Gasteiger partial charge on any atom is 0.337 e. The smallest absolute Gasteiger partial charge is 0.337 e. The lowest BCUT2D eigenvalue weighted by molar-refractivity contribution is -0.151. The van der Waals surface area contributed by atoms with Crippen molar-refractivity contribution in [3.8, 4) is 5.75 Å². The molecule has 0 saturated carbocycles. The van der Waals surface area contributed by atoms with Gasteiger partial charge in [0.2, 0.25) is 0 Å². The number of carbonyl (C=O) groups is 1. The third-order valence-electron chi connectivity index (χ3n) is 1.88. The van der Waals surface area contributed by atoms with E-state index in [2.05, 4.69) is 0 Å². The van der Waals surface area contributed by atoms with Crippen LogP contribution in [0.3, 0.4) is 0 Å². The number of carboxylic acid groups (broad SMARTS) is 1. The highest BCUT2D eigenvalue weighted by Gasteiger charge is 2.27. The highest BCUT2D eigenvalue weighted by Crippen LogP contribution is 2.27. The van der Waals surface area contributed by atoms with Gasteiger partial charge in [0.15, 0.2) is 6.10 Å². The van der Waals surface area contributed by atoms with Crippen LogP contribution >= 0.6 is 0 Å². The van der Waals surface area contributed by atoms with E-state index < -0.39 is 35.0 Å². The normalized spacial score (nSPS) is 12.4. The van der Waals surface area contributed by atoms with Gasteiger partial charge in [-0.1, -0.05) is 0 Å². The summed E-state index contributed by atoms with van der Waals surface area (Å²) in [5.74, 6) is -4.42. The number of ether oxygens (including phenoxy) is 1. The molecule has 0 heterocycles. The van der Waals surface area contributed by atoms with Crippen molar-refractivity contribution in [2.24, 2.45) is 0 Å². The van der Waals surface area contributed by atoms with Crippen LogP contribution < -0.4 is 0 Å². The fourth-order valence-corrected chi connectivity index (χ4v) is 1.27. The van der Waals surface area contributed by atoms with Crippen LogP contribution in [0.15, 0.2) is 12.1 Å². The van der Waals surface area contributed by atoms with E-state index in [4.69, 9.17) is 14.9 Å². The maximum absolute atomic E-state index is 13.3. The van der Waals surface area contributed by atoms with E-state index in [-0.39, 0.29) is 6.61 Å². The van der Waals surface area contributed by atoms with Crippen LogP contribution in [-0.4, -0.2) is 22.8 Å². The topological polar surface area (TPSA) is 66.8 Å². The SMILES string of the molecule is CCOC(C(=O)O)c1c(F)cc(O)cc1F. The predicted molar refractivity (Wildman–Crippen MR) is 50.0 cm³/mol. The first kappa shape index (κ1) is 12.4. The summed E-state index contributed by atoms with van der Waals surface area (Å²) in [4.78, 5) is 10.8. The molecule has 88 valence electrons. The fourth-order valence-electron chi connectivity index (χ4n) is 1.27. The Morgan fingerprint density at radius 3 is 2.31 bits per heavy atom. The van der Waals surface area contributed by atoms with Crippen molar-refractivity contribution in [1.29, 1.82) is 0 Å². The summed E-state index contributed by atoms with van der Waals surface area (Å²) in [5, 5.41) is 17.7. The Bertz CT molecular complexity index is 383. The van der Waals surface area contributed by atoms with Gasteiger partial charge < -0.3 is 14.9 Å². The number of carboxylic acids is 1. The zero-order chi connectivity index (χ0) is 12.3. The van der Waals surface area contributed by atoms with E-state index in [1.807, 2.05) is 0 Å². The van der Waals surface area contributed by atoms with E-state index in [0.29, 0.717) is 12.1 Å². The summed E-state index contributed by atoms with van der Waals surface area (Å²) in [6, 6.07) is 1.26. The van der Waals surface area contributed by atoms with Crippen LogP contribution in [0.5, 0.6) is 5.75 Å². The lowest BCUT2D eigenvalue weighted by Crippen LogP contribution is -2.18. The Morgan fingerprint density at radius 1 is 1.44 bits per heavy atom. The summed E-state index contributed by atoms with van der Waals surface area (Å²) >= 11 is 0. The van der Waals surface area contributed by atoms with Gasteiger partial charge in [-0.15, -0.1) is 0 Å². The molecule has 1 rings (SSSR count). The molecule has 0 fully saturated rings. The highest BCUT2D eigenvalue weighted by molar-refractivity contribution is 5.74. The van der Waals surface area contributed by atoms with Crippen molar-refractivity contribution < 1.29 is 28.5 Å². The molecule has 1 atom stereocenters. The molecule has 0 amide bonds. The van der Waals surface area contributed by atoms with Gasteiger partial charge in [0.1, 0.15) is 17.4 Å². The molecule has 1 aromatic rings. The standard InChI is InChI=1S/C10H10F2O4/c1-2-16-9(10(14)15)8-6(11)3-5(13)4-7(8)12/h3-4,9,13H,2H2,1H3,(H,14,15). The van der Waals surface area contributed by atoms with Crippen LogP contribution in [0.1, 0.15) is 18.6 Å². The molecule has 0 aliphatic carbocycles. The average molecular weight is 232 g/mol. The number of hydrogen-bond acceptors (Lipinski definition) is 3. The van der Waals surface area contributed by atoms with Gasteiger partial charge in [0.25, 0.3) is 0 Å². The van der Waals surface area contributed by atoms with Gasteiger partial charge in [-0.3, -0.25) is 0 Å². The van der Waals surface area contributed by atoms with Gasteiger partial charge in [0.05, 0.1) is 5.56 Å². The summed E-state index contributed by atoms with van der Waals surface area (Å²) in [6.45, 7) is 1.50. The number of phenolic OH excluding ortho intramolecular Hbond substituents is 1. The summed E-state index contributed by atoms with van der Waals surface area (Å²) < 4.78 is 31.3. The minimum Gasteiger partial charge on any atom is -0.508 e. The molecule has 0 aromatic heterocycles. The molecule has 0 radical (unpaired) electrons. The van der Waals surface area contributed by atoms with Gasteiger partial charge in [-0.05, 0) is 6.92 Å². The Hall–Kier alpha value is -1.69. The first-order chi connectivity index (χ1) is 7.47. The van der Waals surface area contributed by atoms with E-state index in [9.17, 15) is 13.6 Å². The molecule has 0 bridgehead atoms. The number of aliphatic carboxylic acids is 1. The fraction of sp³-hybridized carbons (Fsp3) is 0.300. The Labute approximate surface area is 90.1 Å². The molecule has 1 aromatic carbocycles. The van der Waals surface area contributed by atoms with Crippen molar-refractivity contribution in [3.05, 3.63) is 29.3 Å². The zero-order valence-corrected chi connectivity index (χ0v) is 8.41. The predicted octanol–water partition coefficient (Wildman–Crippen LogP) is 1.83. The molecule has 0 spiro atoms. The number of rotatable bonds is 4. The van der Waals surface area contributed by atoms with Crippen LogP contribution in [0, 0.1) is 11.6 Å². The summed E-state index contributed by atoms with van der Waals surface area (Å²) in [7, 11) is 0. The second-order valence-corrected chi connectivity index (χ2v) is 3.00. The lowest BCUT2D eigenvalue weighted by atomic mass is 10.1. The third-order valence-corrected chi connectivity index (χ3v) is 1.88. The van der Waals surface area contributed by atoms with Crippen molar-refractivity contribution >= 4 is 5.97 Å². The zero-order valence-electron chi connectivity index (χ0n) is 8.41. The van der Waals surface area contributed by atoms with Gasteiger partial charge >= 0.3 is 5.97 Å². The van der Waals surface area contributed by atoms with Gasteiger partial charge in [-0.2, -0.15) is 0 Å². The van der Waals surface area contributed by atoms with E-state index in [1.54, 1.807) is 0 Å². The first-order valence-electron chi connectivity index (χ1n) is 4.49. The second-order valence-electron chi connectivity index (χ2n) is 3.00. The molecule has 0 aliphatic rings. The second kappa shape index (κ2) is 4.89. The monoisotopic (exact) mass is 232 g/mol. The van der Waals surface area contributed by atoms with E-state index in [0.717, 1.165) is 0 Å². The number of hydrogen-bond donors (Lipinski definition) is 2. The van der Waals surface area contributed by atoms with Crippen LogP contribution in [0.2, 0.25) is 0 Å². The number of phenols is 1. The summed E-state index contributed by atoms with van der Waals surface area (Å²) in [5.41, 5.74) is -0.716. The molecule has 0 aliphatic heterocycles. The number of aromatic hydroxyl groups is 1. The molecule has 0 saturated heterocycles. The van der Waals surface area contributed by atoms with Crippen molar-refractivity contribution in [1.82, 2.24) is 0 Å². The molecule has 2 N–H and O–H groups in total. The molecular weight excluding hydrogens is 222 g/mol. The number of benzene rings is 1. The molecule has 4 nitrogen and oxygen atoms in total. The molecule has 1 unspecified atom stereocenters. The van der Waals surface area contributed by atoms with Crippen LogP contribution in [0.25, 0.3) is 0 Å². The minimum atomic E-state index is -1.72. The Balaban J connectivity index is 3.23. The Kier molecular flexibility index (Phi) is 3.78. The van der Waals surface area contributed by atoms with Gasteiger partial charge in [0, 0.05) is 18.7 Å². The first-order valence-corrected chi connectivity index (χ1v) is 4.49. The molecule has 6 heteroatoms. The lowest BCUT2D eigenvalue weighted by Gasteiger charge is -2.14. The van der Waals surface area contributed by atoms with E-state index >= 15 is 0 Å². The van der Waals surface area contributed by atoms with Crippen LogP contribution in [0.4, 0.5) is 8.78 Å².